The van der Waals surface area contributed by atoms with Crippen LogP contribution in [0.2, 0.25) is 0 Å². The number of ether oxygens (including phenoxy) is 1. The summed E-state index contributed by atoms with van der Waals surface area (Å²) in [5, 5.41) is 5.76. The zero-order valence-corrected chi connectivity index (χ0v) is 16.5. The highest BCUT2D eigenvalue weighted by Crippen LogP contribution is 2.29. The SMILES string of the molecule is CCCCC(Oc1cc(-c2ccccc2)cc(-c2ccccc2)n1)N1NC=NN1. The van der Waals surface area contributed by atoms with Crippen molar-refractivity contribution in [3.05, 3.63) is 72.8 Å². The van der Waals surface area contributed by atoms with Gasteiger partial charge in [0.2, 0.25) is 5.88 Å². The van der Waals surface area contributed by atoms with Gasteiger partial charge in [-0.3, -0.25) is 5.43 Å². The van der Waals surface area contributed by atoms with E-state index >= 15 is 0 Å². The highest BCUT2D eigenvalue weighted by molar-refractivity contribution is 5.71. The van der Waals surface area contributed by atoms with E-state index in [9.17, 15) is 0 Å². The molecule has 1 aromatic heterocycles. The van der Waals surface area contributed by atoms with Crippen molar-refractivity contribution < 1.29 is 4.74 Å². The molecule has 0 saturated carbocycles. The van der Waals surface area contributed by atoms with Gasteiger partial charge < -0.3 is 4.74 Å². The molecule has 0 bridgehead atoms. The summed E-state index contributed by atoms with van der Waals surface area (Å²) >= 11 is 0. The highest BCUT2D eigenvalue weighted by Gasteiger charge is 2.22. The van der Waals surface area contributed by atoms with Crippen molar-refractivity contribution in [2.45, 2.75) is 32.4 Å². The van der Waals surface area contributed by atoms with Crippen LogP contribution in [0.4, 0.5) is 0 Å². The Morgan fingerprint density at radius 3 is 2.31 bits per heavy atom. The number of hydrogen-bond acceptors (Lipinski definition) is 6. The van der Waals surface area contributed by atoms with Crippen molar-refractivity contribution >= 4 is 6.34 Å². The van der Waals surface area contributed by atoms with Crippen LogP contribution in [0.1, 0.15) is 26.2 Å². The topological polar surface area (TPSA) is 61.8 Å². The van der Waals surface area contributed by atoms with Gasteiger partial charge in [-0.2, -0.15) is 5.10 Å². The third-order valence-electron chi connectivity index (χ3n) is 4.75. The van der Waals surface area contributed by atoms with Gasteiger partial charge in [0.05, 0.1) is 5.69 Å². The lowest BCUT2D eigenvalue weighted by Gasteiger charge is -2.26. The fourth-order valence-corrected chi connectivity index (χ4v) is 3.24. The first-order valence-corrected chi connectivity index (χ1v) is 9.95. The van der Waals surface area contributed by atoms with Gasteiger partial charge in [-0.1, -0.05) is 79.1 Å². The maximum atomic E-state index is 6.33. The molecule has 0 amide bonds. The number of hydrazine groups is 2. The number of hydrogen-bond donors (Lipinski definition) is 2. The van der Waals surface area contributed by atoms with E-state index in [1.165, 1.54) is 0 Å². The van der Waals surface area contributed by atoms with E-state index in [1.807, 2.05) is 42.5 Å². The Hall–Kier alpha value is -3.38. The summed E-state index contributed by atoms with van der Waals surface area (Å²) in [7, 11) is 0. The largest absolute Gasteiger partial charge is 0.455 e. The molecule has 29 heavy (non-hydrogen) atoms. The zero-order valence-electron chi connectivity index (χ0n) is 16.5. The Bertz CT molecular complexity index is 880. The molecule has 2 N–H and O–H groups in total. The van der Waals surface area contributed by atoms with Crippen LogP contribution in [0.3, 0.4) is 0 Å². The quantitative estimate of drug-likeness (QED) is 0.592. The number of hydrazone groups is 1. The molecule has 0 fully saturated rings. The minimum Gasteiger partial charge on any atom is -0.455 e. The summed E-state index contributed by atoms with van der Waals surface area (Å²) in [6, 6.07) is 24.6. The summed E-state index contributed by atoms with van der Waals surface area (Å²) < 4.78 is 6.33. The first-order valence-electron chi connectivity index (χ1n) is 9.95. The number of benzene rings is 2. The van der Waals surface area contributed by atoms with Gasteiger partial charge in [0, 0.05) is 18.1 Å². The van der Waals surface area contributed by atoms with E-state index in [2.05, 4.69) is 53.3 Å². The third kappa shape index (κ3) is 4.73. The summed E-state index contributed by atoms with van der Waals surface area (Å²) in [5.41, 5.74) is 10.1. The van der Waals surface area contributed by atoms with Crippen molar-refractivity contribution in [3.63, 3.8) is 0 Å². The van der Waals surface area contributed by atoms with Crippen LogP contribution in [-0.2, 0) is 0 Å². The maximum Gasteiger partial charge on any atom is 0.216 e. The van der Waals surface area contributed by atoms with E-state index in [0.29, 0.717) is 5.88 Å². The van der Waals surface area contributed by atoms with E-state index in [4.69, 9.17) is 9.72 Å². The molecule has 2 heterocycles. The summed E-state index contributed by atoms with van der Waals surface area (Å²) in [4.78, 5) is 4.80. The molecule has 148 valence electrons. The molecule has 1 aliphatic heterocycles. The van der Waals surface area contributed by atoms with Crippen LogP contribution in [0.5, 0.6) is 5.88 Å². The molecule has 6 nitrogen and oxygen atoms in total. The van der Waals surface area contributed by atoms with E-state index in [0.717, 1.165) is 41.6 Å². The molecular formula is C23H25N5O. The van der Waals surface area contributed by atoms with Crippen molar-refractivity contribution in [2.24, 2.45) is 5.10 Å². The lowest BCUT2D eigenvalue weighted by molar-refractivity contribution is -0.0320. The Labute approximate surface area is 171 Å². The number of nitrogens with one attached hydrogen (secondary N) is 2. The van der Waals surface area contributed by atoms with Crippen LogP contribution >= 0.6 is 0 Å². The first kappa shape index (κ1) is 19.0. The molecule has 6 heteroatoms. The smallest absolute Gasteiger partial charge is 0.216 e. The zero-order chi connectivity index (χ0) is 19.9. The van der Waals surface area contributed by atoms with Gasteiger partial charge in [0.15, 0.2) is 6.23 Å². The van der Waals surface area contributed by atoms with Crippen LogP contribution in [0.25, 0.3) is 22.4 Å². The predicted molar refractivity (Wildman–Crippen MR) is 116 cm³/mol. The number of rotatable bonds is 8. The summed E-state index contributed by atoms with van der Waals surface area (Å²) in [5.74, 6) is 0.585. The molecule has 1 atom stereocenters. The van der Waals surface area contributed by atoms with Crippen LogP contribution in [-0.4, -0.2) is 22.7 Å². The second kappa shape index (κ2) is 9.21. The third-order valence-corrected chi connectivity index (χ3v) is 4.75. The van der Waals surface area contributed by atoms with Gasteiger partial charge in [0.1, 0.15) is 6.34 Å². The molecule has 0 spiro atoms. The lowest BCUT2D eigenvalue weighted by atomic mass is 10.0. The molecule has 0 saturated heterocycles. The molecule has 1 unspecified atom stereocenters. The predicted octanol–water partition coefficient (Wildman–Crippen LogP) is 4.58. The minimum absolute atomic E-state index is 0.236. The van der Waals surface area contributed by atoms with Crippen molar-refractivity contribution in [1.82, 2.24) is 21.1 Å². The average molecular weight is 387 g/mol. The number of pyridine rings is 1. The first-order chi connectivity index (χ1) is 14.3. The fourth-order valence-electron chi connectivity index (χ4n) is 3.24. The molecule has 3 aromatic rings. The van der Waals surface area contributed by atoms with Crippen molar-refractivity contribution in [3.8, 4) is 28.3 Å². The molecule has 0 radical (unpaired) electrons. The second-order valence-electron chi connectivity index (χ2n) is 6.88. The Kier molecular flexibility index (Phi) is 6.02. The monoisotopic (exact) mass is 387 g/mol. The molecule has 0 aliphatic carbocycles. The number of unbranched alkanes of at least 4 members (excludes halogenated alkanes) is 1. The van der Waals surface area contributed by atoms with Gasteiger partial charge in [-0.05, 0) is 23.6 Å². The maximum absolute atomic E-state index is 6.33. The Morgan fingerprint density at radius 2 is 1.66 bits per heavy atom. The van der Waals surface area contributed by atoms with Gasteiger partial charge in [0.25, 0.3) is 0 Å². The highest BCUT2D eigenvalue weighted by atomic mass is 16.5. The Morgan fingerprint density at radius 1 is 0.931 bits per heavy atom. The normalized spacial score (nSPS) is 14.2. The average Bonchev–Trinajstić information content (AvgIpc) is 3.32. The molecule has 1 aliphatic rings. The van der Waals surface area contributed by atoms with Gasteiger partial charge in [-0.25, -0.2) is 10.5 Å². The van der Waals surface area contributed by atoms with Gasteiger partial charge in [-0.15, -0.1) is 0 Å². The van der Waals surface area contributed by atoms with Crippen LogP contribution in [0, 0.1) is 0 Å². The summed E-state index contributed by atoms with van der Waals surface area (Å²) in [6.45, 7) is 2.17. The van der Waals surface area contributed by atoms with Crippen molar-refractivity contribution in [1.29, 1.82) is 0 Å². The minimum atomic E-state index is -0.236. The van der Waals surface area contributed by atoms with E-state index in [-0.39, 0.29) is 6.23 Å². The standard InChI is InChI=1S/C23H25N5O/c1-2-3-14-23(28-25-17-24-27-28)29-22-16-20(18-10-6-4-7-11-18)15-21(26-22)19-12-8-5-9-13-19/h4-13,15-17,23,27H,2-3,14H2,1H3,(H,24,25). The fraction of sp³-hybridized carbons (Fsp3) is 0.217. The van der Waals surface area contributed by atoms with E-state index < -0.39 is 0 Å². The van der Waals surface area contributed by atoms with Gasteiger partial charge >= 0.3 is 0 Å². The molecule has 4 rings (SSSR count). The van der Waals surface area contributed by atoms with E-state index in [1.54, 1.807) is 11.5 Å². The van der Waals surface area contributed by atoms with Crippen molar-refractivity contribution in [2.75, 3.05) is 0 Å². The summed E-state index contributed by atoms with van der Waals surface area (Å²) in [6.07, 6.45) is 4.33. The number of aromatic nitrogens is 1. The molecular weight excluding hydrogens is 362 g/mol. The molecule has 2 aromatic carbocycles. The lowest BCUT2D eigenvalue weighted by Crippen LogP contribution is -2.50. The number of nitrogens with zero attached hydrogens (tertiary/aromatic N) is 3. The van der Waals surface area contributed by atoms with Crippen LogP contribution in [0.15, 0.2) is 77.9 Å². The second-order valence-corrected chi connectivity index (χ2v) is 6.88. The Balaban J connectivity index is 1.69. The van der Waals surface area contributed by atoms with Crippen LogP contribution < -0.4 is 15.7 Å².